The number of nitrogens with two attached hydrogens (primary N) is 2. The van der Waals surface area contributed by atoms with Gasteiger partial charge in [-0.25, -0.2) is 5.43 Å². The first-order valence-corrected chi connectivity index (χ1v) is 3.56. The molecule has 5 N–H and O–H groups in total. The largest absolute Gasteiger partial charge is 0.398 e. The van der Waals surface area contributed by atoms with E-state index in [2.05, 4.69) is 11.3 Å². The minimum atomic E-state index is -0.314. The van der Waals surface area contributed by atoms with Crippen molar-refractivity contribution in [3.05, 3.63) is 29.8 Å². The number of benzene rings is 1. The number of hydrazine groups is 1. The van der Waals surface area contributed by atoms with E-state index in [0.717, 1.165) is 5.56 Å². The van der Waals surface area contributed by atoms with Gasteiger partial charge in [0.1, 0.15) is 6.04 Å². The van der Waals surface area contributed by atoms with Crippen molar-refractivity contribution in [3.63, 3.8) is 0 Å². The van der Waals surface area contributed by atoms with Crippen molar-refractivity contribution in [3.8, 4) is 12.3 Å². The maximum absolute atomic E-state index is 5.68. The summed E-state index contributed by atoms with van der Waals surface area (Å²) < 4.78 is 0. The molecule has 1 aromatic rings. The van der Waals surface area contributed by atoms with Crippen molar-refractivity contribution in [1.29, 1.82) is 0 Å². The number of terminal acetylenes is 1. The molecule has 0 saturated carbocycles. The molecule has 0 aliphatic carbocycles. The maximum atomic E-state index is 5.68. The molecule has 1 atom stereocenters. The van der Waals surface area contributed by atoms with Crippen LogP contribution in [-0.2, 0) is 0 Å². The summed E-state index contributed by atoms with van der Waals surface area (Å²) in [5, 5.41) is 0. The van der Waals surface area contributed by atoms with Gasteiger partial charge in [-0.3, -0.25) is 5.84 Å². The molecule has 0 fully saturated rings. The van der Waals surface area contributed by atoms with Crippen LogP contribution in [0.15, 0.2) is 24.3 Å². The van der Waals surface area contributed by atoms with Crippen LogP contribution in [0.5, 0.6) is 0 Å². The second-order valence-corrected chi connectivity index (χ2v) is 2.40. The SMILES string of the molecule is C#CC(NN)c1ccccc1N. The van der Waals surface area contributed by atoms with E-state index in [0.29, 0.717) is 5.69 Å². The fraction of sp³-hybridized carbons (Fsp3) is 0.111. The van der Waals surface area contributed by atoms with Gasteiger partial charge in [0.05, 0.1) is 0 Å². The summed E-state index contributed by atoms with van der Waals surface area (Å²) in [4.78, 5) is 0. The Labute approximate surface area is 71.7 Å². The van der Waals surface area contributed by atoms with E-state index in [9.17, 15) is 0 Å². The summed E-state index contributed by atoms with van der Waals surface area (Å²) in [5.74, 6) is 7.73. The van der Waals surface area contributed by atoms with Gasteiger partial charge in [-0.15, -0.1) is 6.42 Å². The molecule has 1 rings (SSSR count). The van der Waals surface area contributed by atoms with E-state index in [1.165, 1.54) is 0 Å². The van der Waals surface area contributed by atoms with Gasteiger partial charge in [-0.2, -0.15) is 0 Å². The van der Waals surface area contributed by atoms with Crippen LogP contribution in [0, 0.1) is 12.3 Å². The third-order valence-corrected chi connectivity index (χ3v) is 1.64. The van der Waals surface area contributed by atoms with Crippen molar-refractivity contribution < 1.29 is 0 Å². The molecule has 62 valence electrons. The van der Waals surface area contributed by atoms with Crippen molar-refractivity contribution >= 4 is 5.69 Å². The van der Waals surface area contributed by atoms with E-state index in [4.69, 9.17) is 18.0 Å². The Bertz CT molecular complexity index is 301. The van der Waals surface area contributed by atoms with Crippen LogP contribution in [-0.4, -0.2) is 0 Å². The highest BCUT2D eigenvalue weighted by molar-refractivity contribution is 5.50. The van der Waals surface area contributed by atoms with E-state index < -0.39 is 0 Å². The van der Waals surface area contributed by atoms with Crippen LogP contribution in [0.1, 0.15) is 11.6 Å². The Kier molecular flexibility index (Phi) is 2.70. The zero-order chi connectivity index (χ0) is 8.97. The molecule has 0 amide bonds. The first kappa shape index (κ1) is 8.60. The van der Waals surface area contributed by atoms with Gasteiger partial charge in [0, 0.05) is 11.3 Å². The maximum Gasteiger partial charge on any atom is 0.108 e. The zero-order valence-corrected chi connectivity index (χ0v) is 6.62. The number of para-hydroxylation sites is 1. The highest BCUT2D eigenvalue weighted by Gasteiger charge is 2.07. The van der Waals surface area contributed by atoms with Crippen molar-refractivity contribution in [2.45, 2.75) is 6.04 Å². The molecular formula is C9H11N3. The number of nitrogens with one attached hydrogen (secondary N) is 1. The van der Waals surface area contributed by atoms with Gasteiger partial charge in [-0.05, 0) is 6.07 Å². The third-order valence-electron chi connectivity index (χ3n) is 1.64. The van der Waals surface area contributed by atoms with Crippen molar-refractivity contribution in [2.75, 3.05) is 5.73 Å². The van der Waals surface area contributed by atoms with Crippen LogP contribution in [0.4, 0.5) is 5.69 Å². The highest BCUT2D eigenvalue weighted by Crippen LogP contribution is 2.17. The Morgan fingerprint density at radius 2 is 2.08 bits per heavy atom. The van der Waals surface area contributed by atoms with Crippen LogP contribution >= 0.6 is 0 Å². The van der Waals surface area contributed by atoms with E-state index >= 15 is 0 Å². The van der Waals surface area contributed by atoms with Crippen LogP contribution < -0.4 is 17.0 Å². The lowest BCUT2D eigenvalue weighted by Crippen LogP contribution is -2.27. The van der Waals surface area contributed by atoms with Gasteiger partial charge in [0.15, 0.2) is 0 Å². The van der Waals surface area contributed by atoms with Gasteiger partial charge < -0.3 is 5.73 Å². The fourth-order valence-electron chi connectivity index (χ4n) is 1.00. The molecule has 0 bridgehead atoms. The first-order valence-electron chi connectivity index (χ1n) is 3.56. The van der Waals surface area contributed by atoms with E-state index in [1.54, 1.807) is 6.07 Å². The molecule has 1 aromatic carbocycles. The lowest BCUT2D eigenvalue weighted by molar-refractivity contribution is 0.675. The number of hydrogen-bond acceptors (Lipinski definition) is 3. The first-order chi connectivity index (χ1) is 5.79. The van der Waals surface area contributed by atoms with Crippen molar-refractivity contribution in [2.24, 2.45) is 5.84 Å². The second kappa shape index (κ2) is 3.77. The standard InChI is InChI=1S/C9H11N3/c1-2-9(12-11)7-5-3-4-6-8(7)10/h1,3-6,9,12H,10-11H2. The topological polar surface area (TPSA) is 64.1 Å². The zero-order valence-electron chi connectivity index (χ0n) is 6.62. The Morgan fingerprint density at radius 1 is 1.42 bits per heavy atom. The van der Waals surface area contributed by atoms with Gasteiger partial charge in [0.25, 0.3) is 0 Å². The predicted molar refractivity (Wildman–Crippen MR) is 49.8 cm³/mol. The summed E-state index contributed by atoms with van der Waals surface area (Å²) >= 11 is 0. The molecule has 3 heteroatoms. The minimum absolute atomic E-state index is 0.314. The smallest absolute Gasteiger partial charge is 0.108 e. The Hall–Kier alpha value is -1.50. The monoisotopic (exact) mass is 161 g/mol. The van der Waals surface area contributed by atoms with E-state index in [-0.39, 0.29) is 6.04 Å². The minimum Gasteiger partial charge on any atom is -0.398 e. The molecule has 1 unspecified atom stereocenters. The van der Waals surface area contributed by atoms with Crippen molar-refractivity contribution in [1.82, 2.24) is 5.43 Å². The summed E-state index contributed by atoms with van der Waals surface area (Å²) in [6.07, 6.45) is 5.24. The molecule has 12 heavy (non-hydrogen) atoms. The average Bonchev–Trinajstić information content (AvgIpc) is 2.10. The quantitative estimate of drug-likeness (QED) is 0.255. The second-order valence-electron chi connectivity index (χ2n) is 2.40. The molecule has 0 aromatic heterocycles. The normalized spacial score (nSPS) is 12.0. The van der Waals surface area contributed by atoms with Crippen LogP contribution in [0.2, 0.25) is 0 Å². The summed E-state index contributed by atoms with van der Waals surface area (Å²) in [5.41, 5.74) is 9.66. The number of hydrogen-bond donors (Lipinski definition) is 3. The molecule has 0 heterocycles. The molecule has 0 saturated heterocycles. The third kappa shape index (κ3) is 1.56. The van der Waals surface area contributed by atoms with E-state index in [1.807, 2.05) is 18.2 Å². The van der Waals surface area contributed by atoms with Gasteiger partial charge in [0.2, 0.25) is 0 Å². The fourth-order valence-corrected chi connectivity index (χ4v) is 1.00. The molecule has 0 aliphatic rings. The van der Waals surface area contributed by atoms with Crippen LogP contribution in [0.25, 0.3) is 0 Å². The molecule has 0 spiro atoms. The summed E-state index contributed by atoms with van der Waals surface area (Å²) in [6.45, 7) is 0. The average molecular weight is 161 g/mol. The number of rotatable bonds is 2. The summed E-state index contributed by atoms with van der Waals surface area (Å²) in [7, 11) is 0. The lowest BCUT2D eigenvalue weighted by Gasteiger charge is -2.11. The van der Waals surface area contributed by atoms with Gasteiger partial charge in [-0.1, -0.05) is 24.1 Å². The highest BCUT2D eigenvalue weighted by atomic mass is 15.2. The molecule has 0 aliphatic heterocycles. The van der Waals surface area contributed by atoms with Crippen LogP contribution in [0.3, 0.4) is 0 Å². The lowest BCUT2D eigenvalue weighted by atomic mass is 10.1. The predicted octanol–water partition coefficient (Wildman–Crippen LogP) is 0.406. The molecular weight excluding hydrogens is 150 g/mol. The number of nitrogen functional groups attached to an aromatic ring is 1. The molecule has 0 radical (unpaired) electrons. The summed E-state index contributed by atoms with van der Waals surface area (Å²) in [6, 6.07) is 7.04. The molecule has 3 nitrogen and oxygen atoms in total. The Morgan fingerprint density at radius 3 is 2.58 bits per heavy atom. The van der Waals surface area contributed by atoms with Gasteiger partial charge >= 0.3 is 0 Å². The number of anilines is 1. The Balaban J connectivity index is 3.02.